The van der Waals surface area contributed by atoms with Crippen LogP contribution in [-0.2, 0) is 9.59 Å². The molecule has 60 valence electrons. The maximum absolute atomic E-state index is 10.7. The van der Waals surface area contributed by atoms with Crippen LogP contribution in [0.25, 0.3) is 0 Å². The molecule has 0 aromatic rings. The molecule has 1 N–H and O–H groups in total. The van der Waals surface area contributed by atoms with Crippen molar-refractivity contribution in [3.8, 4) is 0 Å². The topological polar surface area (TPSA) is 54.4 Å². The Balaban J connectivity index is 3.96. The minimum atomic E-state index is -1.12. The third-order valence-corrected chi connectivity index (χ3v) is 1.04. The van der Waals surface area contributed by atoms with Gasteiger partial charge in [-0.3, -0.25) is 4.79 Å². The molecule has 0 aromatic carbocycles. The van der Waals surface area contributed by atoms with E-state index in [0.29, 0.717) is 0 Å². The Morgan fingerprint density at radius 3 is 2.45 bits per heavy atom. The molecule has 0 rings (SSSR count). The molecule has 0 atom stereocenters. The van der Waals surface area contributed by atoms with Crippen LogP contribution in [0.15, 0.2) is 24.3 Å². The molecule has 0 amide bonds. The van der Waals surface area contributed by atoms with Crippen molar-refractivity contribution in [2.75, 3.05) is 0 Å². The third-order valence-electron chi connectivity index (χ3n) is 1.04. The van der Waals surface area contributed by atoms with Crippen molar-refractivity contribution in [2.24, 2.45) is 0 Å². The summed E-state index contributed by atoms with van der Waals surface area (Å²) < 4.78 is 0. The average molecular weight is 154 g/mol. The Kier molecular flexibility index (Phi) is 3.88. The molecule has 0 aliphatic rings. The Bertz CT molecular complexity index is 213. The molecule has 11 heavy (non-hydrogen) atoms. The van der Waals surface area contributed by atoms with Gasteiger partial charge < -0.3 is 5.11 Å². The average Bonchev–Trinajstić information content (AvgIpc) is 1.87. The lowest BCUT2D eigenvalue weighted by Gasteiger charge is -1.93. The van der Waals surface area contributed by atoms with E-state index in [1.807, 2.05) is 0 Å². The summed E-state index contributed by atoms with van der Waals surface area (Å²) >= 11 is 0. The van der Waals surface area contributed by atoms with E-state index in [4.69, 9.17) is 5.11 Å². The highest BCUT2D eigenvalue weighted by atomic mass is 16.4. The van der Waals surface area contributed by atoms with E-state index in [0.717, 1.165) is 0 Å². The minimum Gasteiger partial charge on any atom is -0.478 e. The number of carboxylic acids is 1. The number of allylic oxidation sites excluding steroid dienone is 2. The summed E-state index contributed by atoms with van der Waals surface area (Å²) in [7, 11) is 0. The predicted octanol–water partition coefficient (Wildman–Crippen LogP) is 1.16. The number of carboxylic acid groups (broad SMARTS) is 1. The highest BCUT2D eigenvalue weighted by Gasteiger charge is 2.06. The second-order valence-corrected chi connectivity index (χ2v) is 2.05. The van der Waals surface area contributed by atoms with Gasteiger partial charge in [0.05, 0.1) is 0 Å². The van der Waals surface area contributed by atoms with Crippen molar-refractivity contribution in [1.82, 2.24) is 0 Å². The van der Waals surface area contributed by atoms with E-state index in [1.54, 1.807) is 13.0 Å². The summed E-state index contributed by atoms with van der Waals surface area (Å²) in [6, 6.07) is 0. The van der Waals surface area contributed by atoms with Gasteiger partial charge in [0.1, 0.15) is 0 Å². The van der Waals surface area contributed by atoms with Crippen LogP contribution < -0.4 is 0 Å². The largest absolute Gasteiger partial charge is 0.478 e. The fourth-order valence-corrected chi connectivity index (χ4v) is 0.531. The molecule has 0 heterocycles. The van der Waals surface area contributed by atoms with Gasteiger partial charge in [-0.2, -0.15) is 0 Å². The van der Waals surface area contributed by atoms with E-state index >= 15 is 0 Å². The van der Waals surface area contributed by atoms with Crippen molar-refractivity contribution >= 4 is 11.8 Å². The van der Waals surface area contributed by atoms with Crippen LogP contribution in [0.1, 0.15) is 13.3 Å². The SMILES string of the molecule is C=C(CC(=O)/C=C/C)C(=O)O. The van der Waals surface area contributed by atoms with Crippen LogP contribution in [0.2, 0.25) is 0 Å². The van der Waals surface area contributed by atoms with Gasteiger partial charge in [0, 0.05) is 12.0 Å². The molecular weight excluding hydrogens is 144 g/mol. The summed E-state index contributed by atoms with van der Waals surface area (Å²) in [5.41, 5.74) is -0.0758. The lowest BCUT2D eigenvalue weighted by Crippen LogP contribution is -2.03. The quantitative estimate of drug-likeness (QED) is 0.618. The smallest absolute Gasteiger partial charge is 0.331 e. The number of aliphatic carboxylic acids is 1. The number of hydrogen-bond donors (Lipinski definition) is 1. The van der Waals surface area contributed by atoms with Gasteiger partial charge in [-0.05, 0) is 13.0 Å². The van der Waals surface area contributed by atoms with E-state index in [2.05, 4.69) is 6.58 Å². The first-order valence-electron chi connectivity index (χ1n) is 3.14. The van der Waals surface area contributed by atoms with Crippen molar-refractivity contribution in [2.45, 2.75) is 13.3 Å². The molecule has 0 radical (unpaired) electrons. The van der Waals surface area contributed by atoms with Crippen molar-refractivity contribution < 1.29 is 14.7 Å². The van der Waals surface area contributed by atoms with Crippen molar-refractivity contribution in [3.63, 3.8) is 0 Å². The Morgan fingerprint density at radius 2 is 2.09 bits per heavy atom. The lowest BCUT2D eigenvalue weighted by molar-refractivity contribution is -0.133. The Hall–Kier alpha value is -1.38. The molecule has 0 fully saturated rings. The normalized spacial score (nSPS) is 9.91. The van der Waals surface area contributed by atoms with Crippen molar-refractivity contribution in [1.29, 1.82) is 0 Å². The van der Waals surface area contributed by atoms with Crippen LogP contribution in [0.5, 0.6) is 0 Å². The summed E-state index contributed by atoms with van der Waals surface area (Å²) in [6.45, 7) is 4.92. The first-order chi connectivity index (χ1) is 5.07. The van der Waals surface area contributed by atoms with Gasteiger partial charge in [0.15, 0.2) is 5.78 Å². The van der Waals surface area contributed by atoms with Crippen LogP contribution in [-0.4, -0.2) is 16.9 Å². The predicted molar refractivity (Wildman–Crippen MR) is 41.2 cm³/mol. The molecule has 3 nitrogen and oxygen atoms in total. The minimum absolute atomic E-state index is 0.0758. The molecular formula is C8H10O3. The van der Waals surface area contributed by atoms with Crippen LogP contribution in [0.3, 0.4) is 0 Å². The van der Waals surface area contributed by atoms with E-state index in [1.165, 1.54) is 6.08 Å². The van der Waals surface area contributed by atoms with E-state index < -0.39 is 5.97 Å². The summed E-state index contributed by atoms with van der Waals surface area (Å²) in [4.78, 5) is 20.9. The Morgan fingerprint density at radius 1 is 1.55 bits per heavy atom. The second kappa shape index (κ2) is 4.44. The standard InChI is InChI=1S/C8H10O3/c1-3-4-7(9)5-6(2)8(10)11/h3-4H,2,5H2,1H3,(H,10,11)/b4-3+. The molecule has 0 unspecified atom stereocenters. The molecule has 0 spiro atoms. The highest BCUT2D eigenvalue weighted by molar-refractivity contribution is 5.98. The maximum Gasteiger partial charge on any atom is 0.331 e. The number of hydrogen-bond acceptors (Lipinski definition) is 2. The zero-order valence-electron chi connectivity index (χ0n) is 6.33. The van der Waals surface area contributed by atoms with Crippen LogP contribution in [0, 0.1) is 0 Å². The fraction of sp³-hybridized carbons (Fsp3) is 0.250. The zero-order chi connectivity index (χ0) is 8.85. The number of carbonyl (C=O) groups is 2. The van der Waals surface area contributed by atoms with E-state index in [-0.39, 0.29) is 17.8 Å². The molecule has 0 aliphatic carbocycles. The first kappa shape index (κ1) is 9.62. The zero-order valence-corrected chi connectivity index (χ0v) is 6.33. The van der Waals surface area contributed by atoms with Crippen molar-refractivity contribution in [3.05, 3.63) is 24.3 Å². The Labute approximate surface area is 65.0 Å². The van der Waals surface area contributed by atoms with Gasteiger partial charge in [-0.15, -0.1) is 0 Å². The monoisotopic (exact) mass is 154 g/mol. The van der Waals surface area contributed by atoms with Gasteiger partial charge >= 0.3 is 5.97 Å². The number of ketones is 1. The first-order valence-corrected chi connectivity index (χ1v) is 3.14. The lowest BCUT2D eigenvalue weighted by atomic mass is 10.1. The molecule has 0 aromatic heterocycles. The molecule has 3 heteroatoms. The third kappa shape index (κ3) is 4.08. The van der Waals surface area contributed by atoms with Crippen LogP contribution in [0.4, 0.5) is 0 Å². The summed E-state index contributed by atoms with van der Waals surface area (Å²) in [6.07, 6.45) is 2.78. The highest BCUT2D eigenvalue weighted by Crippen LogP contribution is 1.99. The fourth-order valence-electron chi connectivity index (χ4n) is 0.531. The maximum atomic E-state index is 10.7. The van der Waals surface area contributed by atoms with E-state index in [9.17, 15) is 9.59 Å². The molecule has 0 aliphatic heterocycles. The van der Waals surface area contributed by atoms with Gasteiger partial charge in [0.25, 0.3) is 0 Å². The molecule has 0 saturated carbocycles. The summed E-state index contributed by atoms with van der Waals surface area (Å²) in [5.74, 6) is -1.36. The van der Waals surface area contributed by atoms with Gasteiger partial charge in [0.2, 0.25) is 0 Å². The molecule has 0 saturated heterocycles. The second-order valence-electron chi connectivity index (χ2n) is 2.05. The van der Waals surface area contributed by atoms with Gasteiger partial charge in [-0.25, -0.2) is 4.79 Å². The molecule has 0 bridgehead atoms. The summed E-state index contributed by atoms with van der Waals surface area (Å²) in [5, 5.41) is 8.32. The van der Waals surface area contributed by atoms with Gasteiger partial charge in [-0.1, -0.05) is 12.7 Å². The van der Waals surface area contributed by atoms with Crippen LogP contribution >= 0.6 is 0 Å². The number of carbonyl (C=O) groups excluding carboxylic acids is 1. The number of rotatable bonds is 4.